The minimum absolute atomic E-state index is 0.00123. The molecule has 0 saturated carbocycles. The number of amides is 3. The van der Waals surface area contributed by atoms with Crippen LogP contribution >= 0.6 is 0 Å². The topological polar surface area (TPSA) is 83.1 Å². The molecule has 8 nitrogen and oxygen atoms in total. The van der Waals surface area contributed by atoms with Gasteiger partial charge in [0, 0.05) is 51.6 Å². The second-order valence-corrected chi connectivity index (χ2v) is 9.98. The summed E-state index contributed by atoms with van der Waals surface area (Å²) in [6.07, 6.45) is -0.133. The molecule has 0 aromatic heterocycles. The summed E-state index contributed by atoms with van der Waals surface area (Å²) in [7, 11) is 3.47. The van der Waals surface area contributed by atoms with Crippen LogP contribution in [0.2, 0.25) is 0 Å². The van der Waals surface area contributed by atoms with Crippen LogP contribution in [-0.2, 0) is 11.3 Å². The number of fused-ring (bicyclic) bond motifs is 1. The van der Waals surface area contributed by atoms with Crippen molar-refractivity contribution in [2.75, 3.05) is 39.2 Å². The molecule has 36 heavy (non-hydrogen) atoms. The molecule has 3 amide bonds. The molecule has 0 radical (unpaired) electrons. The normalized spacial score (nSPS) is 21.7. The maximum absolute atomic E-state index is 13.5. The first-order chi connectivity index (χ1) is 17.2. The fourth-order valence-corrected chi connectivity index (χ4v) is 4.40. The Morgan fingerprint density at radius 2 is 1.86 bits per heavy atom. The Labute approximate surface area is 214 Å². The van der Waals surface area contributed by atoms with E-state index in [9.17, 15) is 9.59 Å². The molecule has 2 aromatic carbocycles. The van der Waals surface area contributed by atoms with Crippen molar-refractivity contribution < 1.29 is 19.1 Å². The number of methoxy groups -OCH3 is 1. The predicted molar refractivity (Wildman–Crippen MR) is 142 cm³/mol. The van der Waals surface area contributed by atoms with Crippen LogP contribution < -0.4 is 15.4 Å². The third-order valence-corrected chi connectivity index (χ3v) is 6.48. The summed E-state index contributed by atoms with van der Waals surface area (Å²) in [5.74, 6) is 0.500. The van der Waals surface area contributed by atoms with E-state index in [1.165, 1.54) is 5.56 Å². The fourth-order valence-electron chi connectivity index (χ4n) is 4.40. The average Bonchev–Trinajstić information content (AvgIpc) is 2.84. The number of carbonyl (C=O) groups excluding carboxylic acids is 2. The second-order valence-electron chi connectivity index (χ2n) is 9.98. The summed E-state index contributed by atoms with van der Waals surface area (Å²) >= 11 is 0. The first-order valence-corrected chi connectivity index (χ1v) is 12.6. The molecule has 0 aliphatic carbocycles. The average molecular weight is 497 g/mol. The molecule has 2 N–H and O–H groups in total. The van der Waals surface area contributed by atoms with E-state index >= 15 is 0 Å². The maximum atomic E-state index is 13.5. The highest BCUT2D eigenvalue weighted by Gasteiger charge is 2.28. The highest BCUT2D eigenvalue weighted by Crippen LogP contribution is 2.27. The summed E-state index contributed by atoms with van der Waals surface area (Å²) in [4.78, 5) is 29.8. The van der Waals surface area contributed by atoms with Gasteiger partial charge in [-0.2, -0.15) is 0 Å². The van der Waals surface area contributed by atoms with E-state index in [0.717, 1.165) is 13.1 Å². The number of rotatable bonds is 5. The highest BCUT2D eigenvalue weighted by atomic mass is 16.5. The van der Waals surface area contributed by atoms with Gasteiger partial charge in [0.1, 0.15) is 12.4 Å². The maximum Gasteiger partial charge on any atom is 0.319 e. The van der Waals surface area contributed by atoms with E-state index in [1.807, 2.05) is 19.9 Å². The molecule has 1 heterocycles. The zero-order valence-electron chi connectivity index (χ0n) is 22.3. The lowest BCUT2D eigenvalue weighted by molar-refractivity contribution is 0.00921. The van der Waals surface area contributed by atoms with Crippen LogP contribution in [0, 0.1) is 5.92 Å². The molecule has 0 bridgehead atoms. The molecule has 196 valence electrons. The van der Waals surface area contributed by atoms with Gasteiger partial charge in [-0.3, -0.25) is 9.69 Å². The third-order valence-electron chi connectivity index (χ3n) is 6.48. The van der Waals surface area contributed by atoms with Crippen LogP contribution in [0.3, 0.4) is 0 Å². The van der Waals surface area contributed by atoms with Crippen LogP contribution in [0.25, 0.3) is 0 Å². The van der Waals surface area contributed by atoms with E-state index in [0.29, 0.717) is 30.2 Å². The number of anilines is 1. The number of benzene rings is 2. The molecular weight excluding hydrogens is 456 g/mol. The molecule has 8 heteroatoms. The van der Waals surface area contributed by atoms with Gasteiger partial charge in [0.05, 0.1) is 11.7 Å². The number of likely N-dealkylation sites (N-methyl/N-ethyl adjacent to an activating group) is 1. The zero-order chi connectivity index (χ0) is 26.2. The Kier molecular flexibility index (Phi) is 9.73. The predicted octanol–water partition coefficient (Wildman–Crippen LogP) is 4.22. The van der Waals surface area contributed by atoms with Crippen molar-refractivity contribution >= 4 is 17.6 Å². The lowest BCUT2D eigenvalue weighted by Gasteiger charge is -2.36. The Morgan fingerprint density at radius 3 is 2.53 bits per heavy atom. The number of nitrogens with one attached hydrogen (secondary N) is 2. The quantitative estimate of drug-likeness (QED) is 0.648. The fraction of sp³-hybridized carbons (Fsp3) is 0.500. The monoisotopic (exact) mass is 496 g/mol. The van der Waals surface area contributed by atoms with Gasteiger partial charge in [-0.15, -0.1) is 0 Å². The number of ether oxygens (including phenoxy) is 2. The van der Waals surface area contributed by atoms with Crippen LogP contribution in [0.5, 0.6) is 5.75 Å². The standard InChI is InChI=1S/C28H40N4O4/c1-19(2)29-28(34)30-23-12-13-25-24(14-23)27(33)31(5)17-26(35-6)20(3)15-32(21(4)18-36-25)16-22-10-8-7-9-11-22/h7-14,19-21,26H,15-18H2,1-6H3,(H2,29,30,34)/t20-,21+,26-/m1/s1. The van der Waals surface area contributed by atoms with Crippen molar-refractivity contribution in [1.82, 2.24) is 15.1 Å². The zero-order valence-corrected chi connectivity index (χ0v) is 22.3. The molecular formula is C28H40N4O4. The van der Waals surface area contributed by atoms with E-state index in [2.05, 4.69) is 53.6 Å². The number of carbonyl (C=O) groups is 2. The third kappa shape index (κ3) is 7.45. The van der Waals surface area contributed by atoms with Crippen LogP contribution in [0.1, 0.15) is 43.6 Å². The Balaban J connectivity index is 1.91. The summed E-state index contributed by atoms with van der Waals surface area (Å²) in [6, 6.07) is 15.4. The Morgan fingerprint density at radius 1 is 1.14 bits per heavy atom. The van der Waals surface area contributed by atoms with Crippen molar-refractivity contribution in [2.45, 2.75) is 52.4 Å². The second kappa shape index (κ2) is 12.7. The summed E-state index contributed by atoms with van der Waals surface area (Å²) < 4.78 is 12.1. The molecule has 3 atom stereocenters. The molecule has 0 unspecified atom stereocenters. The summed E-state index contributed by atoms with van der Waals surface area (Å²) in [6.45, 7) is 10.5. The summed E-state index contributed by atoms with van der Waals surface area (Å²) in [5.41, 5.74) is 2.17. The van der Waals surface area contributed by atoms with Crippen LogP contribution in [0.4, 0.5) is 10.5 Å². The van der Waals surface area contributed by atoms with Gasteiger partial charge in [0.2, 0.25) is 0 Å². The van der Waals surface area contributed by atoms with E-state index in [4.69, 9.17) is 9.47 Å². The molecule has 0 spiro atoms. The lowest BCUT2D eigenvalue weighted by atomic mass is 10.0. The van der Waals surface area contributed by atoms with Crippen LogP contribution in [0.15, 0.2) is 48.5 Å². The van der Waals surface area contributed by atoms with Crippen molar-refractivity contribution in [3.63, 3.8) is 0 Å². The van der Waals surface area contributed by atoms with E-state index in [1.54, 1.807) is 37.3 Å². The minimum atomic E-state index is -0.321. The van der Waals surface area contributed by atoms with Gasteiger partial charge in [-0.05, 0) is 50.5 Å². The van der Waals surface area contributed by atoms with Gasteiger partial charge in [-0.1, -0.05) is 37.3 Å². The van der Waals surface area contributed by atoms with Crippen molar-refractivity contribution in [3.05, 3.63) is 59.7 Å². The van der Waals surface area contributed by atoms with E-state index in [-0.39, 0.29) is 36.0 Å². The number of nitrogens with zero attached hydrogens (tertiary/aromatic N) is 2. The van der Waals surface area contributed by atoms with Gasteiger partial charge in [-0.25, -0.2) is 4.79 Å². The molecule has 2 aromatic rings. The Hall–Kier alpha value is -3.10. The smallest absolute Gasteiger partial charge is 0.319 e. The molecule has 0 fully saturated rings. The summed E-state index contributed by atoms with van der Waals surface area (Å²) in [5, 5.41) is 5.60. The van der Waals surface area contributed by atoms with Gasteiger partial charge in [0.15, 0.2) is 0 Å². The number of urea groups is 1. The number of hydrogen-bond acceptors (Lipinski definition) is 5. The van der Waals surface area contributed by atoms with Crippen molar-refractivity contribution in [1.29, 1.82) is 0 Å². The lowest BCUT2D eigenvalue weighted by Crippen LogP contribution is -2.46. The largest absolute Gasteiger partial charge is 0.491 e. The van der Waals surface area contributed by atoms with Gasteiger partial charge >= 0.3 is 6.03 Å². The Bertz CT molecular complexity index is 1010. The minimum Gasteiger partial charge on any atom is -0.491 e. The van der Waals surface area contributed by atoms with E-state index < -0.39 is 0 Å². The molecule has 1 aliphatic heterocycles. The molecule has 1 aliphatic rings. The van der Waals surface area contributed by atoms with Crippen LogP contribution in [-0.4, -0.2) is 73.8 Å². The first-order valence-electron chi connectivity index (χ1n) is 12.6. The number of hydrogen-bond donors (Lipinski definition) is 2. The van der Waals surface area contributed by atoms with Gasteiger partial charge < -0.3 is 25.0 Å². The molecule has 3 rings (SSSR count). The first kappa shape index (κ1) is 27.5. The van der Waals surface area contributed by atoms with Crippen molar-refractivity contribution in [3.8, 4) is 5.75 Å². The van der Waals surface area contributed by atoms with Crippen molar-refractivity contribution in [2.24, 2.45) is 5.92 Å². The highest BCUT2D eigenvalue weighted by molar-refractivity contribution is 5.99. The van der Waals surface area contributed by atoms with Gasteiger partial charge in [0.25, 0.3) is 5.91 Å². The molecule has 0 saturated heterocycles. The SMILES string of the molecule is CO[C@@H]1CN(C)C(=O)c2cc(NC(=O)NC(C)C)ccc2OC[C@H](C)N(Cc2ccccc2)C[C@H]1C.